The minimum absolute atomic E-state index is 0.530. The van der Waals surface area contributed by atoms with Crippen LogP contribution < -0.4 is 5.32 Å². The Morgan fingerprint density at radius 2 is 2.10 bits per heavy atom. The van der Waals surface area contributed by atoms with Crippen LogP contribution in [0.2, 0.25) is 0 Å². The van der Waals surface area contributed by atoms with Gasteiger partial charge in [0.05, 0.1) is 11.3 Å². The van der Waals surface area contributed by atoms with Gasteiger partial charge in [-0.25, -0.2) is 0 Å². The van der Waals surface area contributed by atoms with Crippen molar-refractivity contribution in [2.75, 3.05) is 11.1 Å². The summed E-state index contributed by atoms with van der Waals surface area (Å²) in [5.41, 5.74) is 1.84. The van der Waals surface area contributed by atoms with Gasteiger partial charge in [-0.1, -0.05) is 39.2 Å². The molecule has 0 spiro atoms. The Kier molecular flexibility index (Phi) is 5.79. The first kappa shape index (κ1) is 15.3. The fraction of sp³-hybridized carbons (Fsp3) is 0.588. The second-order valence-corrected chi connectivity index (χ2v) is 6.73. The Morgan fingerprint density at radius 1 is 1.30 bits per heavy atom. The molecular weight excluding hydrogens is 264 g/mol. The molecule has 2 rings (SSSR count). The van der Waals surface area contributed by atoms with Crippen molar-refractivity contribution in [1.29, 1.82) is 5.26 Å². The van der Waals surface area contributed by atoms with E-state index in [2.05, 4.69) is 43.4 Å². The number of hydrogen-bond acceptors (Lipinski definition) is 3. The molecule has 1 fully saturated rings. The van der Waals surface area contributed by atoms with E-state index in [4.69, 9.17) is 0 Å². The van der Waals surface area contributed by atoms with E-state index < -0.39 is 0 Å². The normalized spacial score (nSPS) is 22.2. The highest BCUT2D eigenvalue weighted by Crippen LogP contribution is 2.33. The third-order valence-electron chi connectivity index (χ3n) is 4.21. The number of rotatable bonds is 5. The smallest absolute Gasteiger partial charge is 0.102 e. The molecule has 0 saturated heterocycles. The predicted molar refractivity (Wildman–Crippen MR) is 87.2 cm³/mol. The summed E-state index contributed by atoms with van der Waals surface area (Å²) in [5.74, 6) is 1.75. The standard InChI is InChI=1S/C17H24N2S/c1-3-13-8-5-6-9-15(13)19-16-10-7-11-17(20-4-2)14(16)12-18/h7,10-11,13,15,19H,3-6,8-9H2,1-2H3. The van der Waals surface area contributed by atoms with Crippen molar-refractivity contribution < 1.29 is 0 Å². The van der Waals surface area contributed by atoms with Crippen molar-refractivity contribution in [2.24, 2.45) is 5.92 Å². The lowest BCUT2D eigenvalue weighted by Crippen LogP contribution is -2.32. The maximum atomic E-state index is 9.48. The summed E-state index contributed by atoms with van der Waals surface area (Å²) < 4.78 is 0. The van der Waals surface area contributed by atoms with Crippen molar-refractivity contribution in [3.05, 3.63) is 23.8 Å². The lowest BCUT2D eigenvalue weighted by molar-refractivity contribution is 0.317. The summed E-state index contributed by atoms with van der Waals surface area (Å²) in [4.78, 5) is 1.10. The lowest BCUT2D eigenvalue weighted by Gasteiger charge is -2.32. The van der Waals surface area contributed by atoms with E-state index in [0.29, 0.717) is 6.04 Å². The average Bonchev–Trinajstić information content (AvgIpc) is 2.48. The highest BCUT2D eigenvalue weighted by Gasteiger charge is 2.24. The van der Waals surface area contributed by atoms with Crippen molar-refractivity contribution in [1.82, 2.24) is 0 Å². The molecule has 1 aromatic rings. The summed E-state index contributed by atoms with van der Waals surface area (Å²) >= 11 is 1.75. The molecule has 1 N–H and O–H groups in total. The number of nitriles is 1. The van der Waals surface area contributed by atoms with Gasteiger partial charge < -0.3 is 5.32 Å². The molecule has 1 saturated carbocycles. The van der Waals surface area contributed by atoms with E-state index in [-0.39, 0.29) is 0 Å². The largest absolute Gasteiger partial charge is 0.381 e. The molecular formula is C17H24N2S. The minimum atomic E-state index is 0.530. The minimum Gasteiger partial charge on any atom is -0.381 e. The van der Waals surface area contributed by atoms with Crippen LogP contribution >= 0.6 is 11.8 Å². The molecule has 0 aliphatic heterocycles. The number of anilines is 1. The second-order valence-electron chi connectivity index (χ2n) is 5.43. The fourth-order valence-electron chi connectivity index (χ4n) is 3.13. The van der Waals surface area contributed by atoms with Gasteiger partial charge in [-0.15, -0.1) is 11.8 Å². The predicted octanol–water partition coefficient (Wildman–Crippen LogP) is 5.05. The van der Waals surface area contributed by atoms with Gasteiger partial charge in [0, 0.05) is 10.9 Å². The Hall–Kier alpha value is -1.14. The number of thioether (sulfide) groups is 1. The molecule has 20 heavy (non-hydrogen) atoms. The quantitative estimate of drug-likeness (QED) is 0.770. The zero-order valence-corrected chi connectivity index (χ0v) is 13.3. The molecule has 1 aliphatic rings. The zero-order chi connectivity index (χ0) is 14.4. The summed E-state index contributed by atoms with van der Waals surface area (Å²) in [5, 5.41) is 13.1. The second kappa shape index (κ2) is 7.59. The molecule has 0 bridgehead atoms. The van der Waals surface area contributed by atoms with E-state index in [1.54, 1.807) is 11.8 Å². The molecule has 0 radical (unpaired) electrons. The molecule has 3 heteroatoms. The van der Waals surface area contributed by atoms with Crippen LogP contribution in [0.1, 0.15) is 51.5 Å². The maximum absolute atomic E-state index is 9.48. The van der Waals surface area contributed by atoms with Gasteiger partial charge in [0.2, 0.25) is 0 Å². The Morgan fingerprint density at radius 3 is 2.80 bits per heavy atom. The summed E-state index contributed by atoms with van der Waals surface area (Å²) in [6.07, 6.45) is 6.43. The van der Waals surface area contributed by atoms with E-state index >= 15 is 0 Å². The van der Waals surface area contributed by atoms with Gasteiger partial charge in [-0.3, -0.25) is 0 Å². The van der Waals surface area contributed by atoms with Gasteiger partial charge in [-0.2, -0.15) is 5.26 Å². The number of nitrogens with zero attached hydrogens (tertiary/aromatic N) is 1. The van der Waals surface area contributed by atoms with Crippen LogP contribution in [0.4, 0.5) is 5.69 Å². The molecule has 2 nitrogen and oxygen atoms in total. The van der Waals surface area contributed by atoms with Crippen molar-refractivity contribution in [2.45, 2.75) is 56.9 Å². The van der Waals surface area contributed by atoms with Crippen molar-refractivity contribution in [3.8, 4) is 6.07 Å². The van der Waals surface area contributed by atoms with Gasteiger partial charge in [-0.05, 0) is 36.6 Å². The van der Waals surface area contributed by atoms with E-state index in [0.717, 1.165) is 27.8 Å². The molecule has 2 atom stereocenters. The number of nitrogens with one attached hydrogen (secondary N) is 1. The highest BCUT2D eigenvalue weighted by atomic mass is 32.2. The van der Waals surface area contributed by atoms with E-state index in [1.165, 1.54) is 32.1 Å². The summed E-state index contributed by atoms with van der Waals surface area (Å²) in [6, 6.07) is 9.09. The Balaban J connectivity index is 2.20. The topological polar surface area (TPSA) is 35.8 Å². The monoisotopic (exact) mass is 288 g/mol. The average molecular weight is 288 g/mol. The first-order valence-corrected chi connectivity index (χ1v) is 8.71. The van der Waals surface area contributed by atoms with Gasteiger partial charge >= 0.3 is 0 Å². The molecule has 0 amide bonds. The van der Waals surface area contributed by atoms with Crippen LogP contribution in [0.5, 0.6) is 0 Å². The Bertz CT molecular complexity index is 478. The van der Waals surface area contributed by atoms with Crippen LogP contribution in [0.15, 0.2) is 23.1 Å². The van der Waals surface area contributed by atoms with Gasteiger partial charge in [0.25, 0.3) is 0 Å². The van der Waals surface area contributed by atoms with Gasteiger partial charge in [0.15, 0.2) is 0 Å². The molecule has 1 aromatic carbocycles. The number of hydrogen-bond donors (Lipinski definition) is 1. The molecule has 1 aliphatic carbocycles. The first-order chi connectivity index (χ1) is 9.80. The van der Waals surface area contributed by atoms with Crippen LogP contribution in [-0.2, 0) is 0 Å². The third-order valence-corrected chi connectivity index (χ3v) is 5.15. The zero-order valence-electron chi connectivity index (χ0n) is 12.5. The van der Waals surface area contributed by atoms with Crippen molar-refractivity contribution >= 4 is 17.4 Å². The fourth-order valence-corrected chi connectivity index (χ4v) is 3.91. The summed E-state index contributed by atoms with van der Waals surface area (Å²) in [6.45, 7) is 4.40. The third kappa shape index (κ3) is 3.49. The summed E-state index contributed by atoms with van der Waals surface area (Å²) in [7, 11) is 0. The van der Waals surface area contributed by atoms with E-state index in [1.807, 2.05) is 0 Å². The molecule has 2 unspecified atom stereocenters. The first-order valence-electron chi connectivity index (χ1n) is 7.72. The van der Waals surface area contributed by atoms with Crippen LogP contribution in [0.3, 0.4) is 0 Å². The maximum Gasteiger partial charge on any atom is 0.102 e. The lowest BCUT2D eigenvalue weighted by atomic mass is 9.82. The van der Waals surface area contributed by atoms with Crippen LogP contribution in [0.25, 0.3) is 0 Å². The Labute approximate surface area is 127 Å². The molecule has 0 aromatic heterocycles. The number of benzene rings is 1. The van der Waals surface area contributed by atoms with Crippen LogP contribution in [0, 0.1) is 17.2 Å². The molecule has 108 valence electrons. The molecule has 0 heterocycles. The van der Waals surface area contributed by atoms with E-state index in [9.17, 15) is 5.26 Å². The van der Waals surface area contributed by atoms with Gasteiger partial charge in [0.1, 0.15) is 6.07 Å². The SMILES string of the molecule is CCSc1cccc(NC2CCCCC2CC)c1C#N. The highest BCUT2D eigenvalue weighted by molar-refractivity contribution is 7.99. The van der Waals surface area contributed by atoms with Crippen LogP contribution in [-0.4, -0.2) is 11.8 Å². The van der Waals surface area contributed by atoms with Crippen molar-refractivity contribution in [3.63, 3.8) is 0 Å².